The van der Waals surface area contributed by atoms with Crippen LogP contribution in [0, 0.1) is 12.8 Å². The molecule has 3 heterocycles. The van der Waals surface area contributed by atoms with Gasteiger partial charge in [0.2, 0.25) is 5.91 Å². The van der Waals surface area contributed by atoms with Gasteiger partial charge in [0.1, 0.15) is 6.04 Å². The number of nitrogens with one attached hydrogen (secondary N) is 1. The first-order valence-corrected chi connectivity index (χ1v) is 12.9. The summed E-state index contributed by atoms with van der Waals surface area (Å²) >= 11 is 0. The molecule has 4 rings (SSSR count). The number of carbonyl (C=O) groups is 2. The molecule has 2 amide bonds. The van der Waals surface area contributed by atoms with E-state index in [2.05, 4.69) is 60.2 Å². The molecule has 0 saturated carbocycles. The Morgan fingerprint density at radius 1 is 1.14 bits per heavy atom. The van der Waals surface area contributed by atoms with Crippen LogP contribution < -0.4 is 5.32 Å². The third-order valence-corrected chi connectivity index (χ3v) is 7.14. The first kappa shape index (κ1) is 25.3. The molecule has 2 unspecified atom stereocenters. The minimum Gasteiger partial charge on any atom is -0.340 e. The van der Waals surface area contributed by atoms with Crippen molar-refractivity contribution < 1.29 is 9.59 Å². The standard InChI is InChI=1S/C28H39N5O2/c1-21(2)18-32(19-24-9-5-4-8-22(24)3)25-16-26(28(35)31-14-7-12-29-13-15-31)33(20-25)27(34)23-10-6-11-30-17-23/h4-6,8-11,17,21,25-26,29H,7,12-16,18-20H2,1-3H3. The third kappa shape index (κ3) is 6.27. The number of benzene rings is 1. The number of likely N-dealkylation sites (tertiary alicyclic amines) is 1. The number of hydrogen-bond donors (Lipinski definition) is 1. The summed E-state index contributed by atoms with van der Waals surface area (Å²) in [6, 6.07) is 11.7. The molecule has 35 heavy (non-hydrogen) atoms. The molecule has 1 N–H and O–H groups in total. The van der Waals surface area contributed by atoms with Gasteiger partial charge in [0.25, 0.3) is 5.91 Å². The van der Waals surface area contributed by atoms with E-state index < -0.39 is 6.04 Å². The molecule has 0 bridgehead atoms. The van der Waals surface area contributed by atoms with Gasteiger partial charge in [-0.3, -0.25) is 19.5 Å². The predicted octanol–water partition coefficient (Wildman–Crippen LogP) is 2.95. The number of amides is 2. The lowest BCUT2D eigenvalue weighted by Gasteiger charge is -2.31. The molecule has 7 heteroatoms. The van der Waals surface area contributed by atoms with Gasteiger partial charge < -0.3 is 15.1 Å². The van der Waals surface area contributed by atoms with Crippen molar-refractivity contribution in [1.29, 1.82) is 0 Å². The summed E-state index contributed by atoms with van der Waals surface area (Å²) in [7, 11) is 0. The first-order chi connectivity index (χ1) is 16.9. The molecule has 0 spiro atoms. The van der Waals surface area contributed by atoms with Gasteiger partial charge in [0.15, 0.2) is 0 Å². The molecule has 188 valence electrons. The topological polar surface area (TPSA) is 68.8 Å². The van der Waals surface area contributed by atoms with Gasteiger partial charge in [-0.05, 0) is 55.5 Å². The maximum absolute atomic E-state index is 13.8. The highest BCUT2D eigenvalue weighted by atomic mass is 16.2. The van der Waals surface area contributed by atoms with Crippen molar-refractivity contribution in [2.24, 2.45) is 5.92 Å². The zero-order valence-electron chi connectivity index (χ0n) is 21.3. The van der Waals surface area contributed by atoms with Crippen LogP contribution in [-0.4, -0.2) is 82.9 Å². The number of pyridine rings is 1. The molecule has 1 aromatic carbocycles. The molecule has 2 aliphatic heterocycles. The van der Waals surface area contributed by atoms with Crippen molar-refractivity contribution in [3.05, 3.63) is 65.5 Å². The van der Waals surface area contributed by atoms with E-state index in [0.29, 0.717) is 31.0 Å². The molecule has 0 radical (unpaired) electrons. The molecular weight excluding hydrogens is 438 g/mol. The quantitative estimate of drug-likeness (QED) is 0.664. The van der Waals surface area contributed by atoms with Crippen LogP contribution in [0.1, 0.15) is 48.2 Å². The van der Waals surface area contributed by atoms with E-state index >= 15 is 0 Å². The maximum atomic E-state index is 13.8. The highest BCUT2D eigenvalue weighted by Gasteiger charge is 2.43. The van der Waals surface area contributed by atoms with Crippen LogP contribution in [0.25, 0.3) is 0 Å². The van der Waals surface area contributed by atoms with Crippen LogP contribution in [-0.2, 0) is 11.3 Å². The smallest absolute Gasteiger partial charge is 0.256 e. The molecule has 2 aromatic rings. The van der Waals surface area contributed by atoms with Crippen molar-refractivity contribution >= 4 is 11.8 Å². The monoisotopic (exact) mass is 477 g/mol. The normalized spacial score (nSPS) is 20.9. The molecule has 0 aliphatic carbocycles. The Bertz CT molecular complexity index is 988. The Labute approximate surface area is 209 Å². The fraction of sp³-hybridized carbons (Fsp3) is 0.536. The van der Waals surface area contributed by atoms with Crippen molar-refractivity contribution in [3.8, 4) is 0 Å². The zero-order chi connectivity index (χ0) is 24.8. The highest BCUT2D eigenvalue weighted by molar-refractivity contribution is 5.97. The van der Waals surface area contributed by atoms with E-state index in [1.165, 1.54) is 11.1 Å². The fourth-order valence-corrected chi connectivity index (χ4v) is 5.29. The summed E-state index contributed by atoms with van der Waals surface area (Å²) in [5.41, 5.74) is 3.11. The minimum absolute atomic E-state index is 0.0776. The Balaban J connectivity index is 1.61. The van der Waals surface area contributed by atoms with E-state index in [1.54, 1.807) is 24.5 Å². The van der Waals surface area contributed by atoms with Crippen LogP contribution in [0.3, 0.4) is 0 Å². The van der Waals surface area contributed by atoms with Crippen molar-refractivity contribution in [1.82, 2.24) is 25.0 Å². The van der Waals surface area contributed by atoms with Gasteiger partial charge in [0, 0.05) is 57.7 Å². The Hall–Kier alpha value is -2.77. The predicted molar refractivity (Wildman–Crippen MR) is 138 cm³/mol. The van der Waals surface area contributed by atoms with E-state index in [0.717, 1.165) is 39.1 Å². The molecule has 7 nitrogen and oxygen atoms in total. The Morgan fingerprint density at radius 3 is 2.71 bits per heavy atom. The number of rotatable bonds is 7. The van der Waals surface area contributed by atoms with Gasteiger partial charge in [-0.2, -0.15) is 0 Å². The number of nitrogens with zero attached hydrogens (tertiary/aromatic N) is 4. The summed E-state index contributed by atoms with van der Waals surface area (Å²) in [6.45, 7) is 12.0. The summed E-state index contributed by atoms with van der Waals surface area (Å²) < 4.78 is 0. The van der Waals surface area contributed by atoms with E-state index in [1.807, 2.05) is 9.80 Å². The van der Waals surface area contributed by atoms with Crippen LogP contribution in [0.4, 0.5) is 0 Å². The molecule has 2 fully saturated rings. The molecule has 2 aliphatic rings. The lowest BCUT2D eigenvalue weighted by Crippen LogP contribution is -2.48. The largest absolute Gasteiger partial charge is 0.340 e. The lowest BCUT2D eigenvalue weighted by atomic mass is 10.0. The van der Waals surface area contributed by atoms with E-state index in [-0.39, 0.29) is 17.9 Å². The zero-order valence-corrected chi connectivity index (χ0v) is 21.3. The Kier molecular flexibility index (Phi) is 8.52. The first-order valence-electron chi connectivity index (χ1n) is 12.9. The van der Waals surface area contributed by atoms with Gasteiger partial charge in [-0.15, -0.1) is 0 Å². The Morgan fingerprint density at radius 2 is 1.97 bits per heavy atom. The minimum atomic E-state index is -0.447. The highest BCUT2D eigenvalue weighted by Crippen LogP contribution is 2.28. The van der Waals surface area contributed by atoms with Crippen LogP contribution >= 0.6 is 0 Å². The number of hydrogen-bond acceptors (Lipinski definition) is 5. The SMILES string of the molecule is Cc1ccccc1CN(CC(C)C)C1CC(C(=O)N2CCCNCC2)N(C(=O)c2cccnc2)C1. The van der Waals surface area contributed by atoms with Crippen LogP contribution in [0.2, 0.25) is 0 Å². The van der Waals surface area contributed by atoms with E-state index in [9.17, 15) is 9.59 Å². The number of aromatic nitrogens is 1. The number of aryl methyl sites for hydroxylation is 1. The van der Waals surface area contributed by atoms with Gasteiger partial charge in [-0.25, -0.2) is 0 Å². The summed E-state index contributed by atoms with van der Waals surface area (Å²) in [6.07, 6.45) is 4.87. The lowest BCUT2D eigenvalue weighted by molar-refractivity contribution is -0.135. The summed E-state index contributed by atoms with van der Waals surface area (Å²) in [5, 5.41) is 3.37. The molecule has 2 atom stereocenters. The fourth-order valence-electron chi connectivity index (χ4n) is 5.29. The van der Waals surface area contributed by atoms with Crippen LogP contribution in [0.15, 0.2) is 48.8 Å². The van der Waals surface area contributed by atoms with Crippen molar-refractivity contribution in [2.45, 2.75) is 52.2 Å². The second-order valence-corrected chi connectivity index (χ2v) is 10.3. The van der Waals surface area contributed by atoms with Crippen molar-refractivity contribution in [2.75, 3.05) is 39.3 Å². The summed E-state index contributed by atoms with van der Waals surface area (Å²) in [5.74, 6) is 0.453. The average molecular weight is 478 g/mol. The maximum Gasteiger partial charge on any atom is 0.256 e. The second-order valence-electron chi connectivity index (χ2n) is 10.3. The van der Waals surface area contributed by atoms with Gasteiger partial charge in [0.05, 0.1) is 5.56 Å². The summed E-state index contributed by atoms with van der Waals surface area (Å²) in [4.78, 5) is 37.8. The molecule has 1 aromatic heterocycles. The van der Waals surface area contributed by atoms with Crippen molar-refractivity contribution in [3.63, 3.8) is 0 Å². The van der Waals surface area contributed by atoms with Crippen LogP contribution in [0.5, 0.6) is 0 Å². The second kappa shape index (κ2) is 11.8. The van der Waals surface area contributed by atoms with Gasteiger partial charge >= 0.3 is 0 Å². The average Bonchev–Trinajstić information content (AvgIpc) is 3.12. The van der Waals surface area contributed by atoms with E-state index in [4.69, 9.17) is 0 Å². The van der Waals surface area contributed by atoms with Gasteiger partial charge in [-0.1, -0.05) is 38.1 Å². The molecular formula is C28H39N5O2. The number of carbonyl (C=O) groups excluding carboxylic acids is 2. The third-order valence-electron chi connectivity index (χ3n) is 7.14. The molecule has 2 saturated heterocycles.